The van der Waals surface area contributed by atoms with E-state index >= 15 is 0 Å². The molecule has 2 nitrogen and oxygen atoms in total. The van der Waals surface area contributed by atoms with Gasteiger partial charge in [-0.15, -0.1) is 0 Å². The quantitative estimate of drug-likeness (QED) is 0.860. The molecule has 0 unspecified atom stereocenters. The van der Waals surface area contributed by atoms with Gasteiger partial charge >= 0.3 is 0 Å². The van der Waals surface area contributed by atoms with Gasteiger partial charge in [-0.1, -0.05) is 24.3 Å². The molecule has 3 rings (SSSR count). The Bertz CT molecular complexity index is 390. The molecule has 0 radical (unpaired) electrons. The molecule has 1 heterocycles. The maximum atomic E-state index is 6.18. The first-order valence-electron chi connectivity index (χ1n) is 6.83. The average molecular weight is 230 g/mol. The van der Waals surface area contributed by atoms with Gasteiger partial charge in [0.05, 0.1) is 0 Å². The van der Waals surface area contributed by atoms with E-state index in [2.05, 4.69) is 29.2 Å². The zero-order chi connectivity index (χ0) is 11.7. The van der Waals surface area contributed by atoms with Crippen molar-refractivity contribution in [3.8, 4) is 0 Å². The number of nitrogens with zero attached hydrogens (tertiary/aromatic N) is 1. The lowest BCUT2D eigenvalue weighted by Crippen LogP contribution is -2.24. The molecule has 1 saturated heterocycles. The second-order valence-corrected chi connectivity index (χ2v) is 5.84. The summed E-state index contributed by atoms with van der Waals surface area (Å²) in [5.74, 6) is 0. The lowest BCUT2D eigenvalue weighted by Gasteiger charge is -2.16. The summed E-state index contributed by atoms with van der Waals surface area (Å²) in [5.41, 5.74) is 9.18. The molecule has 1 aromatic carbocycles. The van der Waals surface area contributed by atoms with E-state index in [1.807, 2.05) is 0 Å². The zero-order valence-electron chi connectivity index (χ0n) is 10.5. The van der Waals surface area contributed by atoms with Crippen LogP contribution in [0.15, 0.2) is 24.3 Å². The van der Waals surface area contributed by atoms with E-state index in [1.165, 1.54) is 49.9 Å². The third-order valence-corrected chi connectivity index (χ3v) is 4.04. The van der Waals surface area contributed by atoms with Gasteiger partial charge in [0.2, 0.25) is 0 Å². The number of hydrogen-bond donors (Lipinski definition) is 1. The van der Waals surface area contributed by atoms with Crippen molar-refractivity contribution in [2.45, 2.75) is 44.2 Å². The van der Waals surface area contributed by atoms with Crippen LogP contribution in [-0.2, 0) is 13.0 Å². The summed E-state index contributed by atoms with van der Waals surface area (Å²) >= 11 is 0. The Morgan fingerprint density at radius 3 is 2.53 bits per heavy atom. The van der Waals surface area contributed by atoms with Crippen LogP contribution in [-0.4, -0.2) is 23.5 Å². The van der Waals surface area contributed by atoms with E-state index in [4.69, 9.17) is 5.73 Å². The summed E-state index contributed by atoms with van der Waals surface area (Å²) in [5, 5.41) is 0. The van der Waals surface area contributed by atoms with Crippen molar-refractivity contribution >= 4 is 0 Å². The predicted molar refractivity (Wildman–Crippen MR) is 70.8 cm³/mol. The molecule has 1 aliphatic heterocycles. The molecule has 0 bridgehead atoms. The summed E-state index contributed by atoms with van der Waals surface area (Å²) < 4.78 is 0. The Labute approximate surface area is 104 Å². The molecule has 2 fully saturated rings. The number of benzene rings is 1. The standard InChI is InChI=1S/C15H22N2/c16-15(6-7-15)11-13-4-3-5-14(10-13)12-17-8-1-2-9-17/h3-5,10H,1-2,6-9,11-12,16H2. The summed E-state index contributed by atoms with van der Waals surface area (Å²) in [7, 11) is 0. The van der Waals surface area contributed by atoms with Crippen molar-refractivity contribution in [3.05, 3.63) is 35.4 Å². The summed E-state index contributed by atoms with van der Waals surface area (Å²) in [4.78, 5) is 2.55. The van der Waals surface area contributed by atoms with Crippen LogP contribution < -0.4 is 5.73 Å². The highest BCUT2D eigenvalue weighted by atomic mass is 15.1. The van der Waals surface area contributed by atoms with Gasteiger partial charge in [0.1, 0.15) is 0 Å². The number of nitrogens with two attached hydrogens (primary N) is 1. The Kier molecular flexibility index (Phi) is 2.93. The molecule has 92 valence electrons. The van der Waals surface area contributed by atoms with Crippen LogP contribution in [0.4, 0.5) is 0 Å². The van der Waals surface area contributed by atoms with Crippen LogP contribution in [0.2, 0.25) is 0 Å². The first-order valence-corrected chi connectivity index (χ1v) is 6.83. The van der Waals surface area contributed by atoms with E-state index < -0.39 is 0 Å². The molecule has 0 spiro atoms. The molecule has 1 saturated carbocycles. The fourth-order valence-electron chi connectivity index (χ4n) is 2.78. The molecule has 0 atom stereocenters. The monoisotopic (exact) mass is 230 g/mol. The van der Waals surface area contributed by atoms with Crippen LogP contribution >= 0.6 is 0 Å². The Balaban J connectivity index is 1.65. The lowest BCUT2D eigenvalue weighted by atomic mass is 10.0. The van der Waals surface area contributed by atoms with E-state index in [-0.39, 0.29) is 5.54 Å². The normalized spacial score (nSPS) is 22.9. The second kappa shape index (κ2) is 4.43. The van der Waals surface area contributed by atoms with Gasteiger partial charge in [-0.3, -0.25) is 4.90 Å². The fraction of sp³-hybridized carbons (Fsp3) is 0.600. The lowest BCUT2D eigenvalue weighted by molar-refractivity contribution is 0.331. The summed E-state index contributed by atoms with van der Waals surface area (Å²) in [6.45, 7) is 3.65. The van der Waals surface area contributed by atoms with Crippen LogP contribution in [0.5, 0.6) is 0 Å². The highest BCUT2D eigenvalue weighted by molar-refractivity contribution is 5.26. The van der Waals surface area contributed by atoms with E-state index in [0.717, 1.165) is 13.0 Å². The van der Waals surface area contributed by atoms with E-state index in [1.54, 1.807) is 0 Å². The minimum Gasteiger partial charge on any atom is -0.325 e. The zero-order valence-corrected chi connectivity index (χ0v) is 10.5. The molecule has 0 aromatic heterocycles. The molecule has 1 aliphatic carbocycles. The summed E-state index contributed by atoms with van der Waals surface area (Å²) in [6.07, 6.45) is 6.19. The van der Waals surface area contributed by atoms with E-state index in [0.29, 0.717) is 0 Å². The molecule has 0 amide bonds. The van der Waals surface area contributed by atoms with Crippen molar-refractivity contribution in [2.24, 2.45) is 5.73 Å². The fourth-order valence-corrected chi connectivity index (χ4v) is 2.78. The van der Waals surface area contributed by atoms with Gasteiger partial charge in [-0.25, -0.2) is 0 Å². The van der Waals surface area contributed by atoms with Gasteiger partial charge in [-0.05, 0) is 56.3 Å². The van der Waals surface area contributed by atoms with Crippen molar-refractivity contribution in [1.82, 2.24) is 4.90 Å². The Morgan fingerprint density at radius 2 is 1.82 bits per heavy atom. The van der Waals surface area contributed by atoms with Gasteiger partial charge in [-0.2, -0.15) is 0 Å². The van der Waals surface area contributed by atoms with Gasteiger partial charge < -0.3 is 5.73 Å². The van der Waals surface area contributed by atoms with Gasteiger partial charge in [0.15, 0.2) is 0 Å². The van der Waals surface area contributed by atoms with Crippen molar-refractivity contribution < 1.29 is 0 Å². The minimum atomic E-state index is 0.131. The average Bonchev–Trinajstić information content (AvgIpc) is 2.82. The molecule has 1 aromatic rings. The van der Waals surface area contributed by atoms with Gasteiger partial charge in [0.25, 0.3) is 0 Å². The van der Waals surface area contributed by atoms with Crippen LogP contribution in [0.3, 0.4) is 0 Å². The van der Waals surface area contributed by atoms with Crippen LogP contribution in [0.1, 0.15) is 36.8 Å². The largest absolute Gasteiger partial charge is 0.325 e. The number of rotatable bonds is 4. The Hall–Kier alpha value is -0.860. The molecule has 2 heteroatoms. The smallest absolute Gasteiger partial charge is 0.0233 e. The topological polar surface area (TPSA) is 29.3 Å². The van der Waals surface area contributed by atoms with E-state index in [9.17, 15) is 0 Å². The van der Waals surface area contributed by atoms with Crippen molar-refractivity contribution in [2.75, 3.05) is 13.1 Å². The SMILES string of the molecule is NC1(Cc2cccc(CN3CCCC3)c2)CC1. The Morgan fingerprint density at radius 1 is 1.12 bits per heavy atom. The summed E-state index contributed by atoms with van der Waals surface area (Å²) in [6, 6.07) is 9.01. The van der Waals surface area contributed by atoms with Crippen molar-refractivity contribution in [1.29, 1.82) is 0 Å². The highest BCUT2D eigenvalue weighted by Crippen LogP contribution is 2.35. The number of likely N-dealkylation sites (tertiary alicyclic amines) is 1. The second-order valence-electron chi connectivity index (χ2n) is 5.84. The molecular weight excluding hydrogens is 208 g/mol. The molecule has 2 N–H and O–H groups in total. The van der Waals surface area contributed by atoms with Crippen LogP contribution in [0, 0.1) is 0 Å². The molecule has 17 heavy (non-hydrogen) atoms. The number of hydrogen-bond acceptors (Lipinski definition) is 2. The maximum absolute atomic E-state index is 6.18. The third-order valence-electron chi connectivity index (χ3n) is 4.04. The predicted octanol–water partition coefficient (Wildman–Crippen LogP) is 2.32. The first-order chi connectivity index (χ1) is 8.23. The highest BCUT2D eigenvalue weighted by Gasteiger charge is 2.37. The van der Waals surface area contributed by atoms with Gasteiger partial charge in [0, 0.05) is 12.1 Å². The third kappa shape index (κ3) is 2.88. The molecule has 2 aliphatic rings. The van der Waals surface area contributed by atoms with Crippen molar-refractivity contribution in [3.63, 3.8) is 0 Å². The maximum Gasteiger partial charge on any atom is 0.0233 e. The molecular formula is C15H22N2. The minimum absolute atomic E-state index is 0.131. The van der Waals surface area contributed by atoms with Crippen LogP contribution in [0.25, 0.3) is 0 Å². The first kappa shape index (κ1) is 11.2.